The fourth-order valence-electron chi connectivity index (χ4n) is 2.32. The summed E-state index contributed by atoms with van der Waals surface area (Å²) in [4.78, 5) is 24.1. The maximum absolute atomic E-state index is 13.4. The first-order valence-electron chi connectivity index (χ1n) is 6.21. The van der Waals surface area contributed by atoms with Crippen LogP contribution in [0, 0.1) is 5.82 Å². The topological polar surface area (TPSA) is 63.4 Å². The van der Waals surface area contributed by atoms with E-state index in [1.807, 2.05) is 0 Å². The molecule has 1 saturated heterocycles. The lowest BCUT2D eigenvalue weighted by Crippen LogP contribution is -2.43. The number of carbonyl (C=O) groups is 2. The third-order valence-electron chi connectivity index (χ3n) is 3.31. The Labute approximate surface area is 121 Å². The van der Waals surface area contributed by atoms with Crippen molar-refractivity contribution >= 4 is 11.8 Å². The SMILES string of the molecule is NC(=O)[C@@H]1C[C@@H](F)CN1C(=O)c1cc(F)cc(C(F)(F)F)c1. The molecular weight excluding hydrogens is 311 g/mol. The summed E-state index contributed by atoms with van der Waals surface area (Å²) >= 11 is 0. The largest absolute Gasteiger partial charge is 0.416 e. The maximum atomic E-state index is 13.4. The summed E-state index contributed by atoms with van der Waals surface area (Å²) in [5.41, 5.74) is 3.08. The van der Waals surface area contributed by atoms with Crippen LogP contribution in [0.3, 0.4) is 0 Å². The lowest BCUT2D eigenvalue weighted by atomic mass is 10.1. The molecule has 1 aromatic rings. The van der Waals surface area contributed by atoms with Gasteiger partial charge in [0.1, 0.15) is 18.0 Å². The summed E-state index contributed by atoms with van der Waals surface area (Å²) in [5.74, 6) is -3.31. The molecular formula is C13H11F5N2O2. The van der Waals surface area contributed by atoms with E-state index in [-0.39, 0.29) is 12.5 Å². The molecule has 2 rings (SSSR count). The van der Waals surface area contributed by atoms with Crippen LogP contribution in [0.4, 0.5) is 22.0 Å². The van der Waals surface area contributed by atoms with E-state index in [9.17, 15) is 31.5 Å². The highest BCUT2D eigenvalue weighted by Crippen LogP contribution is 2.31. The Morgan fingerprint density at radius 3 is 2.41 bits per heavy atom. The van der Waals surface area contributed by atoms with Crippen LogP contribution in [0.15, 0.2) is 18.2 Å². The quantitative estimate of drug-likeness (QED) is 0.845. The van der Waals surface area contributed by atoms with Crippen molar-refractivity contribution in [2.75, 3.05) is 6.54 Å². The van der Waals surface area contributed by atoms with Gasteiger partial charge in [0, 0.05) is 12.0 Å². The van der Waals surface area contributed by atoms with E-state index in [1.54, 1.807) is 0 Å². The van der Waals surface area contributed by atoms with E-state index in [2.05, 4.69) is 0 Å². The van der Waals surface area contributed by atoms with Crippen molar-refractivity contribution < 1.29 is 31.5 Å². The normalized spacial score (nSPS) is 22.0. The molecule has 1 aromatic carbocycles. The number of amides is 2. The van der Waals surface area contributed by atoms with Gasteiger partial charge in [0.05, 0.1) is 12.1 Å². The Balaban J connectivity index is 2.37. The molecule has 4 nitrogen and oxygen atoms in total. The minimum absolute atomic E-state index is 0.240. The molecule has 120 valence electrons. The number of hydrogen-bond donors (Lipinski definition) is 1. The van der Waals surface area contributed by atoms with Gasteiger partial charge in [-0.3, -0.25) is 9.59 Å². The number of halogens is 5. The fourth-order valence-corrected chi connectivity index (χ4v) is 2.32. The molecule has 0 aliphatic carbocycles. The molecule has 2 atom stereocenters. The smallest absolute Gasteiger partial charge is 0.368 e. The Bertz CT molecular complexity index is 617. The van der Waals surface area contributed by atoms with E-state index in [1.165, 1.54) is 0 Å². The first-order valence-corrected chi connectivity index (χ1v) is 6.21. The van der Waals surface area contributed by atoms with Crippen LogP contribution in [0.25, 0.3) is 0 Å². The van der Waals surface area contributed by atoms with Crippen molar-refractivity contribution in [3.05, 3.63) is 35.1 Å². The number of primary amides is 1. The van der Waals surface area contributed by atoms with E-state index in [4.69, 9.17) is 5.73 Å². The number of benzene rings is 1. The van der Waals surface area contributed by atoms with Crippen molar-refractivity contribution in [2.45, 2.75) is 24.8 Å². The number of alkyl halides is 4. The second-order valence-electron chi connectivity index (χ2n) is 4.94. The highest BCUT2D eigenvalue weighted by molar-refractivity contribution is 5.98. The van der Waals surface area contributed by atoms with Crippen molar-refractivity contribution in [3.8, 4) is 0 Å². The van der Waals surface area contributed by atoms with Gasteiger partial charge in [0.25, 0.3) is 5.91 Å². The summed E-state index contributed by atoms with van der Waals surface area (Å²) in [6.45, 7) is -0.482. The lowest BCUT2D eigenvalue weighted by Gasteiger charge is -2.22. The standard InChI is InChI=1S/C13H11F5N2O2/c14-8-2-6(1-7(3-8)13(16,17)18)12(22)20-5-9(15)4-10(20)11(19)21/h1-3,9-10H,4-5H2,(H2,19,21)/t9-,10+/m1/s1. The van der Waals surface area contributed by atoms with Crippen LogP contribution in [-0.2, 0) is 11.0 Å². The van der Waals surface area contributed by atoms with Crippen LogP contribution < -0.4 is 5.73 Å². The Kier molecular flexibility index (Phi) is 4.08. The highest BCUT2D eigenvalue weighted by Gasteiger charge is 2.40. The van der Waals surface area contributed by atoms with Crippen LogP contribution in [0.2, 0.25) is 0 Å². The molecule has 1 fully saturated rings. The molecule has 0 bridgehead atoms. The highest BCUT2D eigenvalue weighted by atomic mass is 19.4. The van der Waals surface area contributed by atoms with Crippen LogP contribution >= 0.6 is 0 Å². The molecule has 1 heterocycles. The zero-order valence-corrected chi connectivity index (χ0v) is 11.0. The number of nitrogens with two attached hydrogens (primary N) is 1. The number of rotatable bonds is 2. The summed E-state index contributed by atoms with van der Waals surface area (Å²) in [6.07, 6.45) is -6.69. The third-order valence-corrected chi connectivity index (χ3v) is 3.31. The number of hydrogen-bond acceptors (Lipinski definition) is 2. The second-order valence-corrected chi connectivity index (χ2v) is 4.94. The molecule has 0 spiro atoms. The van der Waals surface area contributed by atoms with Gasteiger partial charge in [-0.15, -0.1) is 0 Å². The van der Waals surface area contributed by atoms with Gasteiger partial charge in [-0.25, -0.2) is 8.78 Å². The summed E-state index contributed by atoms with van der Waals surface area (Å²) < 4.78 is 64.5. The number of likely N-dealkylation sites (tertiary alicyclic amines) is 1. The minimum atomic E-state index is -4.84. The Morgan fingerprint density at radius 1 is 1.23 bits per heavy atom. The first kappa shape index (κ1) is 16.2. The van der Waals surface area contributed by atoms with Crippen LogP contribution in [-0.4, -0.2) is 35.5 Å². The monoisotopic (exact) mass is 322 g/mol. The molecule has 0 aromatic heterocycles. The molecule has 2 amide bonds. The molecule has 1 aliphatic heterocycles. The van der Waals surface area contributed by atoms with Crippen molar-refractivity contribution in [1.82, 2.24) is 4.90 Å². The van der Waals surface area contributed by atoms with Gasteiger partial charge in [-0.1, -0.05) is 0 Å². The van der Waals surface area contributed by atoms with Crippen molar-refractivity contribution in [3.63, 3.8) is 0 Å². The molecule has 0 radical (unpaired) electrons. The van der Waals surface area contributed by atoms with Gasteiger partial charge in [0.15, 0.2) is 0 Å². The summed E-state index contributed by atoms with van der Waals surface area (Å²) in [5, 5.41) is 0. The fraction of sp³-hybridized carbons (Fsp3) is 0.385. The molecule has 22 heavy (non-hydrogen) atoms. The van der Waals surface area contributed by atoms with E-state index >= 15 is 0 Å². The molecule has 0 saturated carbocycles. The van der Waals surface area contributed by atoms with E-state index < -0.39 is 53.7 Å². The summed E-state index contributed by atoms with van der Waals surface area (Å²) in [6, 6.07) is 0.0284. The first-order chi connectivity index (χ1) is 10.1. The molecule has 1 aliphatic rings. The molecule has 2 N–H and O–H groups in total. The zero-order valence-electron chi connectivity index (χ0n) is 11.0. The molecule has 9 heteroatoms. The van der Waals surface area contributed by atoms with Gasteiger partial charge < -0.3 is 10.6 Å². The van der Waals surface area contributed by atoms with Gasteiger partial charge in [-0.2, -0.15) is 13.2 Å². The third kappa shape index (κ3) is 3.18. The predicted octanol–water partition coefficient (Wildman–Crippen LogP) is 1.88. The summed E-state index contributed by atoms with van der Waals surface area (Å²) in [7, 11) is 0. The average molecular weight is 322 g/mol. The maximum Gasteiger partial charge on any atom is 0.416 e. The Hall–Kier alpha value is -2.19. The zero-order chi connectivity index (χ0) is 16.7. The van der Waals surface area contributed by atoms with Gasteiger partial charge >= 0.3 is 6.18 Å². The molecule has 0 unspecified atom stereocenters. The van der Waals surface area contributed by atoms with Gasteiger partial charge in [-0.05, 0) is 18.2 Å². The minimum Gasteiger partial charge on any atom is -0.368 e. The second kappa shape index (κ2) is 5.54. The lowest BCUT2D eigenvalue weighted by molar-refractivity contribution is -0.137. The number of carbonyl (C=O) groups excluding carboxylic acids is 2. The van der Waals surface area contributed by atoms with Crippen LogP contribution in [0.1, 0.15) is 22.3 Å². The Morgan fingerprint density at radius 2 is 1.86 bits per heavy atom. The average Bonchev–Trinajstić information content (AvgIpc) is 2.78. The van der Waals surface area contributed by atoms with Gasteiger partial charge in [0.2, 0.25) is 5.91 Å². The van der Waals surface area contributed by atoms with E-state index in [0.717, 1.165) is 4.90 Å². The predicted molar refractivity (Wildman–Crippen MR) is 64.9 cm³/mol. The van der Waals surface area contributed by atoms with Crippen LogP contribution in [0.5, 0.6) is 0 Å². The van der Waals surface area contributed by atoms with Crippen molar-refractivity contribution in [1.29, 1.82) is 0 Å². The van der Waals surface area contributed by atoms with E-state index in [0.29, 0.717) is 12.1 Å². The van der Waals surface area contributed by atoms with Crippen molar-refractivity contribution in [2.24, 2.45) is 5.73 Å². The number of nitrogens with zero attached hydrogens (tertiary/aromatic N) is 1.